The standard InChI is InChI=1S/C18H22N2O3S2/c1-13(2)20-25(22,23)17-9-7-16(8-10-17)19-18(21)15-6-4-5-14(11-15)12-24-3/h4-11,13,20H,12H2,1-3H3,(H,19,21). The second-order valence-electron chi connectivity index (χ2n) is 5.89. The fourth-order valence-electron chi connectivity index (χ4n) is 2.27. The zero-order valence-electron chi connectivity index (χ0n) is 14.4. The summed E-state index contributed by atoms with van der Waals surface area (Å²) in [5.41, 5.74) is 2.20. The first-order valence-corrected chi connectivity index (χ1v) is 10.7. The Morgan fingerprint density at radius 1 is 1.12 bits per heavy atom. The van der Waals surface area contributed by atoms with Gasteiger partial charge >= 0.3 is 0 Å². The highest BCUT2D eigenvalue weighted by Gasteiger charge is 2.15. The van der Waals surface area contributed by atoms with Crippen LogP contribution in [0.1, 0.15) is 29.8 Å². The van der Waals surface area contributed by atoms with Crippen molar-refractivity contribution in [3.63, 3.8) is 0 Å². The van der Waals surface area contributed by atoms with Gasteiger partial charge in [-0.1, -0.05) is 12.1 Å². The second kappa shape index (κ2) is 8.51. The van der Waals surface area contributed by atoms with E-state index in [-0.39, 0.29) is 16.8 Å². The average molecular weight is 379 g/mol. The summed E-state index contributed by atoms with van der Waals surface area (Å²) in [5, 5.41) is 2.79. The number of carbonyl (C=O) groups is 1. The largest absolute Gasteiger partial charge is 0.322 e. The molecule has 0 spiro atoms. The second-order valence-corrected chi connectivity index (χ2v) is 8.47. The molecule has 0 fully saturated rings. The monoisotopic (exact) mass is 378 g/mol. The van der Waals surface area contributed by atoms with Crippen molar-refractivity contribution in [2.45, 2.75) is 30.5 Å². The van der Waals surface area contributed by atoms with Gasteiger partial charge in [-0.3, -0.25) is 4.79 Å². The van der Waals surface area contributed by atoms with Crippen molar-refractivity contribution in [1.29, 1.82) is 0 Å². The predicted molar refractivity (Wildman–Crippen MR) is 104 cm³/mol. The van der Waals surface area contributed by atoms with E-state index in [4.69, 9.17) is 0 Å². The normalized spacial score (nSPS) is 11.5. The van der Waals surface area contributed by atoms with Crippen LogP contribution in [0.3, 0.4) is 0 Å². The molecule has 7 heteroatoms. The number of amides is 1. The molecule has 134 valence electrons. The maximum absolute atomic E-state index is 12.3. The van der Waals surface area contributed by atoms with E-state index in [1.807, 2.05) is 24.5 Å². The minimum atomic E-state index is -3.53. The van der Waals surface area contributed by atoms with Crippen LogP contribution in [0.5, 0.6) is 0 Å². The maximum Gasteiger partial charge on any atom is 0.255 e. The molecule has 5 nitrogen and oxygen atoms in total. The number of benzene rings is 2. The molecule has 0 aromatic heterocycles. The highest BCUT2D eigenvalue weighted by molar-refractivity contribution is 7.97. The van der Waals surface area contributed by atoms with Crippen molar-refractivity contribution in [3.8, 4) is 0 Å². The van der Waals surface area contributed by atoms with Gasteiger partial charge in [0.15, 0.2) is 0 Å². The molecule has 2 rings (SSSR count). The van der Waals surface area contributed by atoms with E-state index < -0.39 is 10.0 Å². The Labute approximate surface area is 153 Å². The molecule has 0 radical (unpaired) electrons. The van der Waals surface area contributed by atoms with Crippen LogP contribution in [-0.2, 0) is 15.8 Å². The number of rotatable bonds is 7. The lowest BCUT2D eigenvalue weighted by atomic mass is 10.1. The number of hydrogen-bond donors (Lipinski definition) is 2. The molecule has 0 aliphatic heterocycles. The Bertz CT molecular complexity index is 832. The molecular weight excluding hydrogens is 356 g/mol. The van der Waals surface area contributed by atoms with E-state index in [0.717, 1.165) is 11.3 Å². The first kappa shape index (κ1) is 19.5. The van der Waals surface area contributed by atoms with E-state index in [1.54, 1.807) is 43.8 Å². The van der Waals surface area contributed by atoms with Crippen molar-refractivity contribution < 1.29 is 13.2 Å². The van der Waals surface area contributed by atoms with E-state index in [0.29, 0.717) is 11.3 Å². The van der Waals surface area contributed by atoms with E-state index >= 15 is 0 Å². The summed E-state index contributed by atoms with van der Waals surface area (Å²) < 4.78 is 26.7. The molecule has 0 unspecified atom stereocenters. The average Bonchev–Trinajstić information content (AvgIpc) is 2.55. The number of sulfonamides is 1. The Balaban J connectivity index is 2.11. The van der Waals surface area contributed by atoms with Gasteiger partial charge in [0.1, 0.15) is 0 Å². The van der Waals surface area contributed by atoms with Gasteiger partial charge in [0.05, 0.1) is 4.90 Å². The highest BCUT2D eigenvalue weighted by atomic mass is 32.2. The Hall–Kier alpha value is -1.83. The molecule has 0 aliphatic rings. The Morgan fingerprint density at radius 3 is 2.40 bits per heavy atom. The van der Waals surface area contributed by atoms with Gasteiger partial charge in [0.25, 0.3) is 5.91 Å². The number of hydrogen-bond acceptors (Lipinski definition) is 4. The molecule has 0 saturated heterocycles. The molecule has 2 aromatic carbocycles. The summed E-state index contributed by atoms with van der Waals surface area (Å²) in [6.45, 7) is 3.52. The lowest BCUT2D eigenvalue weighted by Crippen LogP contribution is -2.30. The zero-order valence-corrected chi connectivity index (χ0v) is 16.1. The number of thioether (sulfide) groups is 1. The van der Waals surface area contributed by atoms with Crippen LogP contribution in [0.4, 0.5) is 5.69 Å². The first-order valence-electron chi connectivity index (χ1n) is 7.83. The summed E-state index contributed by atoms with van der Waals surface area (Å²) in [4.78, 5) is 12.5. The topological polar surface area (TPSA) is 75.3 Å². The van der Waals surface area contributed by atoms with Crippen LogP contribution in [0.15, 0.2) is 53.4 Å². The molecule has 25 heavy (non-hydrogen) atoms. The van der Waals surface area contributed by atoms with Crippen LogP contribution in [0.25, 0.3) is 0 Å². The lowest BCUT2D eigenvalue weighted by molar-refractivity contribution is 0.102. The van der Waals surface area contributed by atoms with Crippen LogP contribution >= 0.6 is 11.8 Å². The fourth-order valence-corrected chi connectivity index (χ4v) is 4.03. The van der Waals surface area contributed by atoms with E-state index in [9.17, 15) is 13.2 Å². The highest BCUT2D eigenvalue weighted by Crippen LogP contribution is 2.16. The molecule has 0 aliphatic carbocycles. The first-order chi connectivity index (χ1) is 11.8. The van der Waals surface area contributed by atoms with E-state index in [2.05, 4.69) is 10.0 Å². The maximum atomic E-state index is 12.3. The smallest absolute Gasteiger partial charge is 0.255 e. The van der Waals surface area contributed by atoms with Crippen molar-refractivity contribution in [1.82, 2.24) is 4.72 Å². The quantitative estimate of drug-likeness (QED) is 0.773. The van der Waals surface area contributed by atoms with Gasteiger partial charge in [-0.25, -0.2) is 13.1 Å². The van der Waals surface area contributed by atoms with Gasteiger partial charge in [-0.2, -0.15) is 11.8 Å². The van der Waals surface area contributed by atoms with Crippen LogP contribution in [-0.4, -0.2) is 26.6 Å². The predicted octanol–water partition coefficient (Wildman–Crippen LogP) is 3.49. The molecule has 0 bridgehead atoms. The summed E-state index contributed by atoms with van der Waals surface area (Å²) in [5.74, 6) is 0.621. The van der Waals surface area contributed by atoms with Gasteiger partial charge < -0.3 is 5.32 Å². The lowest BCUT2D eigenvalue weighted by Gasteiger charge is -2.11. The third-order valence-corrected chi connectivity index (χ3v) is 5.61. The van der Waals surface area contributed by atoms with Crippen LogP contribution in [0.2, 0.25) is 0 Å². The van der Waals surface area contributed by atoms with Crippen molar-refractivity contribution >= 4 is 33.4 Å². The summed E-state index contributed by atoms with van der Waals surface area (Å²) >= 11 is 1.69. The zero-order chi connectivity index (χ0) is 18.4. The summed E-state index contributed by atoms with van der Waals surface area (Å²) in [7, 11) is -3.53. The fraction of sp³-hybridized carbons (Fsp3) is 0.278. The molecule has 0 atom stereocenters. The third-order valence-electron chi connectivity index (χ3n) is 3.31. The summed E-state index contributed by atoms with van der Waals surface area (Å²) in [6.07, 6.45) is 2.01. The summed E-state index contributed by atoms with van der Waals surface area (Å²) in [6, 6.07) is 13.4. The Morgan fingerprint density at radius 2 is 1.80 bits per heavy atom. The van der Waals surface area contributed by atoms with Crippen molar-refractivity contribution in [2.75, 3.05) is 11.6 Å². The minimum absolute atomic E-state index is 0.168. The SMILES string of the molecule is CSCc1cccc(C(=O)Nc2ccc(S(=O)(=O)NC(C)C)cc2)c1. The molecule has 2 N–H and O–H groups in total. The molecule has 0 saturated carbocycles. The third kappa shape index (κ3) is 5.59. The van der Waals surface area contributed by atoms with Crippen LogP contribution in [0, 0.1) is 0 Å². The minimum Gasteiger partial charge on any atom is -0.322 e. The molecule has 2 aromatic rings. The van der Waals surface area contributed by atoms with Crippen molar-refractivity contribution in [3.05, 3.63) is 59.7 Å². The number of anilines is 1. The molecular formula is C18H22N2O3S2. The van der Waals surface area contributed by atoms with E-state index in [1.165, 1.54) is 12.1 Å². The Kier molecular flexibility index (Phi) is 6.64. The molecule has 1 amide bonds. The van der Waals surface area contributed by atoms with Gasteiger partial charge in [-0.05, 0) is 62.1 Å². The van der Waals surface area contributed by atoms with Gasteiger partial charge in [0.2, 0.25) is 10.0 Å². The van der Waals surface area contributed by atoms with Crippen LogP contribution < -0.4 is 10.0 Å². The van der Waals surface area contributed by atoms with Crippen molar-refractivity contribution in [2.24, 2.45) is 0 Å². The molecule has 0 heterocycles. The number of carbonyl (C=O) groups excluding carboxylic acids is 1. The number of nitrogens with one attached hydrogen (secondary N) is 2. The van der Waals surface area contributed by atoms with Gasteiger partial charge in [-0.15, -0.1) is 0 Å². The van der Waals surface area contributed by atoms with Gasteiger partial charge in [0, 0.05) is 23.0 Å².